The van der Waals surface area contributed by atoms with Crippen molar-refractivity contribution in [2.75, 3.05) is 0 Å². The van der Waals surface area contributed by atoms with E-state index in [0.29, 0.717) is 0 Å². The van der Waals surface area contributed by atoms with Crippen LogP contribution in [0.2, 0.25) is 5.02 Å². The molecule has 0 fully saturated rings. The third-order valence-electron chi connectivity index (χ3n) is 2.54. The molecule has 0 saturated carbocycles. The van der Waals surface area contributed by atoms with E-state index in [0.717, 1.165) is 21.3 Å². The number of hydrogen-bond acceptors (Lipinski definition) is 4. The minimum Gasteiger partial charge on any atom is -0.271 e. The Hall–Kier alpha value is -0.940. The number of aryl methyl sites for hydroxylation is 1. The molecule has 90 valence electrons. The van der Waals surface area contributed by atoms with Crippen LogP contribution in [0.3, 0.4) is 0 Å². The number of benzene rings is 1. The van der Waals surface area contributed by atoms with Gasteiger partial charge in [-0.3, -0.25) is 11.3 Å². The zero-order chi connectivity index (χ0) is 12.3. The fraction of sp³-hybridized carbons (Fsp3) is 0.250. The molecule has 1 heterocycles. The molecule has 5 heteroatoms. The van der Waals surface area contributed by atoms with Gasteiger partial charge < -0.3 is 0 Å². The molecule has 0 aliphatic rings. The van der Waals surface area contributed by atoms with Gasteiger partial charge in [-0.1, -0.05) is 23.7 Å². The lowest BCUT2D eigenvalue weighted by molar-refractivity contribution is 0.560. The Morgan fingerprint density at radius 2 is 2.12 bits per heavy atom. The maximum Gasteiger partial charge on any atom is 0.0897 e. The molecular weight excluding hydrogens is 254 g/mol. The highest BCUT2D eigenvalue weighted by Crippen LogP contribution is 2.23. The molecule has 0 saturated heterocycles. The Bertz CT molecular complexity index is 481. The van der Waals surface area contributed by atoms with Crippen molar-refractivity contribution in [1.82, 2.24) is 10.4 Å². The molecule has 0 aliphatic carbocycles. The minimum absolute atomic E-state index is 0.0994. The largest absolute Gasteiger partial charge is 0.271 e. The van der Waals surface area contributed by atoms with Gasteiger partial charge in [-0.25, -0.2) is 4.98 Å². The Morgan fingerprint density at radius 3 is 2.65 bits per heavy atom. The van der Waals surface area contributed by atoms with E-state index in [4.69, 9.17) is 17.4 Å². The molecule has 1 aromatic heterocycles. The van der Waals surface area contributed by atoms with Crippen molar-refractivity contribution in [3.63, 3.8) is 0 Å². The standard InChI is InChI=1S/C12H14ClN3S/c1-8-15-7-12(17-8)11(16-14)6-9-2-4-10(13)5-3-9/h2-5,7,11,16H,6,14H2,1H3. The summed E-state index contributed by atoms with van der Waals surface area (Å²) in [5, 5.41) is 1.80. The molecular formula is C12H14ClN3S. The number of aromatic nitrogens is 1. The van der Waals surface area contributed by atoms with E-state index in [-0.39, 0.29) is 6.04 Å². The van der Waals surface area contributed by atoms with Gasteiger partial charge in [-0.2, -0.15) is 0 Å². The second-order valence-corrected chi connectivity index (χ2v) is 5.53. The predicted octanol–water partition coefficient (Wildman–Crippen LogP) is 2.85. The van der Waals surface area contributed by atoms with Gasteiger partial charge >= 0.3 is 0 Å². The van der Waals surface area contributed by atoms with Crippen LogP contribution in [0.25, 0.3) is 0 Å². The second-order valence-electron chi connectivity index (χ2n) is 3.83. The van der Waals surface area contributed by atoms with Crippen molar-refractivity contribution in [3.8, 4) is 0 Å². The normalized spacial score (nSPS) is 12.6. The highest BCUT2D eigenvalue weighted by Gasteiger charge is 2.13. The quantitative estimate of drug-likeness (QED) is 0.662. The van der Waals surface area contributed by atoms with E-state index in [1.54, 1.807) is 11.3 Å². The van der Waals surface area contributed by atoms with Crippen LogP contribution in [0, 0.1) is 6.92 Å². The number of hydrazine groups is 1. The molecule has 0 aliphatic heterocycles. The lowest BCUT2D eigenvalue weighted by Crippen LogP contribution is -2.28. The van der Waals surface area contributed by atoms with Gasteiger partial charge in [0.1, 0.15) is 0 Å². The van der Waals surface area contributed by atoms with Crippen LogP contribution in [0.1, 0.15) is 21.5 Å². The average Bonchev–Trinajstić information content (AvgIpc) is 2.75. The lowest BCUT2D eigenvalue weighted by Gasteiger charge is -2.13. The van der Waals surface area contributed by atoms with Gasteiger partial charge in [0, 0.05) is 16.1 Å². The molecule has 0 radical (unpaired) electrons. The first-order valence-corrected chi connectivity index (χ1v) is 6.51. The third kappa shape index (κ3) is 3.26. The van der Waals surface area contributed by atoms with Crippen molar-refractivity contribution in [2.24, 2.45) is 5.84 Å². The molecule has 2 rings (SSSR count). The molecule has 2 aromatic rings. The van der Waals surface area contributed by atoms with Crippen LogP contribution in [0.5, 0.6) is 0 Å². The first-order chi connectivity index (χ1) is 8.19. The van der Waals surface area contributed by atoms with E-state index >= 15 is 0 Å². The smallest absolute Gasteiger partial charge is 0.0897 e. The zero-order valence-corrected chi connectivity index (χ0v) is 11.1. The maximum atomic E-state index is 5.85. The Balaban J connectivity index is 2.12. The molecule has 0 bridgehead atoms. The Kier molecular flexibility index (Phi) is 4.12. The molecule has 1 atom stereocenters. The van der Waals surface area contributed by atoms with Gasteiger partial charge in [0.2, 0.25) is 0 Å². The summed E-state index contributed by atoms with van der Waals surface area (Å²) in [6, 6.07) is 7.91. The third-order valence-corrected chi connectivity index (χ3v) is 3.82. The summed E-state index contributed by atoms with van der Waals surface area (Å²) in [5.74, 6) is 5.59. The van der Waals surface area contributed by atoms with Gasteiger partial charge in [0.05, 0.1) is 11.0 Å². The first-order valence-electron chi connectivity index (χ1n) is 5.32. The highest BCUT2D eigenvalue weighted by atomic mass is 35.5. The van der Waals surface area contributed by atoms with Gasteiger partial charge in [0.25, 0.3) is 0 Å². The summed E-state index contributed by atoms with van der Waals surface area (Å²) in [5.41, 5.74) is 4.03. The van der Waals surface area contributed by atoms with Crippen molar-refractivity contribution in [3.05, 3.63) is 50.9 Å². The summed E-state index contributed by atoms with van der Waals surface area (Å²) in [4.78, 5) is 5.40. The van der Waals surface area contributed by atoms with E-state index in [2.05, 4.69) is 10.4 Å². The zero-order valence-electron chi connectivity index (χ0n) is 9.48. The van der Waals surface area contributed by atoms with E-state index in [1.807, 2.05) is 37.4 Å². The van der Waals surface area contributed by atoms with Crippen LogP contribution in [-0.2, 0) is 6.42 Å². The van der Waals surface area contributed by atoms with Crippen molar-refractivity contribution in [2.45, 2.75) is 19.4 Å². The van der Waals surface area contributed by atoms with Gasteiger partial charge in [-0.05, 0) is 31.0 Å². The van der Waals surface area contributed by atoms with Gasteiger partial charge in [-0.15, -0.1) is 11.3 Å². The number of thiazole rings is 1. The molecule has 3 nitrogen and oxygen atoms in total. The number of nitrogens with zero attached hydrogens (tertiary/aromatic N) is 1. The number of nitrogens with one attached hydrogen (secondary N) is 1. The highest BCUT2D eigenvalue weighted by molar-refractivity contribution is 7.11. The Labute approximate surface area is 110 Å². The summed E-state index contributed by atoms with van der Waals surface area (Å²) in [6.45, 7) is 1.99. The topological polar surface area (TPSA) is 50.9 Å². The van der Waals surface area contributed by atoms with Crippen LogP contribution in [0.15, 0.2) is 30.5 Å². The molecule has 0 amide bonds. The fourth-order valence-electron chi connectivity index (χ4n) is 1.64. The monoisotopic (exact) mass is 267 g/mol. The maximum absolute atomic E-state index is 5.85. The molecule has 1 unspecified atom stereocenters. The summed E-state index contributed by atoms with van der Waals surface area (Å²) in [6.07, 6.45) is 2.70. The average molecular weight is 268 g/mol. The van der Waals surface area contributed by atoms with E-state index in [1.165, 1.54) is 5.56 Å². The molecule has 3 N–H and O–H groups in total. The van der Waals surface area contributed by atoms with Crippen LogP contribution in [-0.4, -0.2) is 4.98 Å². The SMILES string of the molecule is Cc1ncc(C(Cc2ccc(Cl)cc2)NN)s1. The molecule has 1 aromatic carbocycles. The summed E-state index contributed by atoms with van der Waals surface area (Å²) < 4.78 is 0. The Morgan fingerprint density at radius 1 is 1.41 bits per heavy atom. The van der Waals surface area contributed by atoms with Gasteiger partial charge in [0.15, 0.2) is 0 Å². The summed E-state index contributed by atoms with van der Waals surface area (Å²) >= 11 is 7.52. The van der Waals surface area contributed by atoms with E-state index in [9.17, 15) is 0 Å². The van der Waals surface area contributed by atoms with Crippen LogP contribution >= 0.6 is 22.9 Å². The molecule has 17 heavy (non-hydrogen) atoms. The fourth-order valence-corrected chi connectivity index (χ4v) is 2.61. The van der Waals surface area contributed by atoms with Crippen LogP contribution in [0.4, 0.5) is 0 Å². The number of nitrogens with two attached hydrogens (primary N) is 1. The first kappa shape index (κ1) is 12.5. The number of rotatable bonds is 4. The van der Waals surface area contributed by atoms with Crippen LogP contribution < -0.4 is 11.3 Å². The lowest BCUT2D eigenvalue weighted by atomic mass is 10.1. The van der Waals surface area contributed by atoms with E-state index < -0.39 is 0 Å². The molecule has 0 spiro atoms. The van der Waals surface area contributed by atoms with Crippen molar-refractivity contribution >= 4 is 22.9 Å². The number of halogens is 1. The minimum atomic E-state index is 0.0994. The second kappa shape index (κ2) is 5.60. The predicted molar refractivity (Wildman–Crippen MR) is 72.1 cm³/mol. The van der Waals surface area contributed by atoms with Crippen molar-refractivity contribution < 1.29 is 0 Å². The van der Waals surface area contributed by atoms with Crippen molar-refractivity contribution in [1.29, 1.82) is 0 Å². The number of hydrogen-bond donors (Lipinski definition) is 2. The summed E-state index contributed by atoms with van der Waals surface area (Å²) in [7, 11) is 0.